The Balaban J connectivity index is 1.52. The smallest absolute Gasteiger partial charge is 0.167 e. The lowest BCUT2D eigenvalue weighted by molar-refractivity contribution is 0.122. The van der Waals surface area contributed by atoms with Crippen molar-refractivity contribution in [3.8, 4) is 11.4 Å². The number of imidazole rings is 1. The molecule has 190 valence electrons. The molecule has 2 aliphatic heterocycles. The first kappa shape index (κ1) is 23.3. The van der Waals surface area contributed by atoms with Crippen LogP contribution >= 0.6 is 0 Å². The molecule has 2 fully saturated rings. The highest BCUT2D eigenvalue weighted by Crippen LogP contribution is 2.33. The Morgan fingerprint density at radius 2 is 1.92 bits per heavy atom. The third kappa shape index (κ3) is 4.12. The zero-order valence-corrected chi connectivity index (χ0v) is 21.1. The molecule has 5 heterocycles. The van der Waals surface area contributed by atoms with Gasteiger partial charge in [0.2, 0.25) is 0 Å². The number of rotatable bonds is 5. The van der Waals surface area contributed by atoms with Crippen LogP contribution in [0, 0.1) is 5.82 Å². The summed E-state index contributed by atoms with van der Waals surface area (Å²) in [5.74, 6) is 1.77. The number of halogens is 1. The molecule has 10 heteroatoms. The highest BCUT2D eigenvalue weighted by Gasteiger charge is 2.29. The van der Waals surface area contributed by atoms with E-state index in [4.69, 9.17) is 19.7 Å². The van der Waals surface area contributed by atoms with Crippen LogP contribution in [0.25, 0.3) is 33.5 Å². The van der Waals surface area contributed by atoms with E-state index in [0.29, 0.717) is 37.7 Å². The zero-order chi connectivity index (χ0) is 24.9. The molecule has 9 nitrogen and oxygen atoms in total. The minimum atomic E-state index is -0.333. The second kappa shape index (κ2) is 9.10. The largest absolute Gasteiger partial charge is 0.378 e. The Labute approximate surface area is 209 Å². The Hall–Kier alpha value is -3.08. The van der Waals surface area contributed by atoms with Crippen molar-refractivity contribution >= 4 is 27.9 Å². The molecule has 0 amide bonds. The van der Waals surface area contributed by atoms with E-state index in [2.05, 4.69) is 45.4 Å². The molecule has 2 aliphatic rings. The van der Waals surface area contributed by atoms with Gasteiger partial charge >= 0.3 is 0 Å². The molecule has 4 aromatic rings. The first-order valence-corrected chi connectivity index (χ1v) is 12.8. The van der Waals surface area contributed by atoms with E-state index in [0.717, 1.165) is 66.4 Å². The summed E-state index contributed by atoms with van der Waals surface area (Å²) in [5.41, 5.74) is 2.85. The molecule has 36 heavy (non-hydrogen) atoms. The number of hydrogen-bond donors (Lipinski definition) is 2. The fourth-order valence-electron chi connectivity index (χ4n) is 5.51. The summed E-state index contributed by atoms with van der Waals surface area (Å²) >= 11 is 0. The van der Waals surface area contributed by atoms with Crippen LogP contribution in [0.2, 0.25) is 0 Å². The molecule has 0 atom stereocenters. The van der Waals surface area contributed by atoms with Crippen molar-refractivity contribution in [3.63, 3.8) is 0 Å². The van der Waals surface area contributed by atoms with Crippen molar-refractivity contribution in [1.82, 2.24) is 34.7 Å². The molecular weight excluding hydrogens is 459 g/mol. The quantitative estimate of drug-likeness (QED) is 0.443. The summed E-state index contributed by atoms with van der Waals surface area (Å²) in [7, 11) is 0. The normalized spacial score (nSPS) is 18.9. The van der Waals surface area contributed by atoms with E-state index in [1.165, 1.54) is 6.07 Å². The second-order valence-corrected chi connectivity index (χ2v) is 10.3. The Morgan fingerprint density at radius 1 is 1.08 bits per heavy atom. The van der Waals surface area contributed by atoms with Gasteiger partial charge in [-0.1, -0.05) is 0 Å². The summed E-state index contributed by atoms with van der Waals surface area (Å²) in [6.07, 6.45) is 1.82. The Bertz CT molecular complexity index is 1400. The van der Waals surface area contributed by atoms with Crippen LogP contribution in [-0.2, 0) is 17.8 Å². The monoisotopic (exact) mass is 492 g/mol. The average Bonchev–Trinajstić information content (AvgIpc) is 3.47. The molecule has 3 aromatic heterocycles. The van der Waals surface area contributed by atoms with Crippen molar-refractivity contribution in [2.75, 3.05) is 50.8 Å². The molecule has 0 aliphatic carbocycles. The van der Waals surface area contributed by atoms with Gasteiger partial charge in [0, 0.05) is 61.9 Å². The lowest BCUT2D eigenvalue weighted by Crippen LogP contribution is -2.56. The van der Waals surface area contributed by atoms with Crippen molar-refractivity contribution in [3.05, 3.63) is 36.0 Å². The molecule has 0 radical (unpaired) electrons. The standard InChI is InChI=1S/C26H33FN8O/c1-4-35-20(15-33-10-9-29-26(2,3)16-33)30-22-24(34-11-13-36-14-12-34)31-23(32-25(22)35)21-17-7-8-28-19(17)6-5-18(21)27/h5-8,28-29H,4,9-16H2,1-3H3. The maximum absolute atomic E-state index is 15.3. The fourth-order valence-corrected chi connectivity index (χ4v) is 5.51. The van der Waals surface area contributed by atoms with Crippen LogP contribution in [0.5, 0.6) is 0 Å². The van der Waals surface area contributed by atoms with Crippen LogP contribution in [0.1, 0.15) is 26.6 Å². The second-order valence-electron chi connectivity index (χ2n) is 10.3. The van der Waals surface area contributed by atoms with Gasteiger partial charge in [-0.2, -0.15) is 0 Å². The number of aromatic amines is 1. The molecule has 2 saturated heterocycles. The molecule has 1 aromatic carbocycles. The third-order valence-corrected chi connectivity index (χ3v) is 7.20. The number of morpholine rings is 1. The summed E-state index contributed by atoms with van der Waals surface area (Å²) in [6.45, 7) is 13.5. The first-order valence-electron chi connectivity index (χ1n) is 12.8. The van der Waals surface area contributed by atoms with Crippen molar-refractivity contribution in [2.24, 2.45) is 0 Å². The van der Waals surface area contributed by atoms with E-state index < -0.39 is 0 Å². The molecule has 0 unspecified atom stereocenters. The molecule has 0 saturated carbocycles. The van der Waals surface area contributed by atoms with Gasteiger partial charge in [-0.25, -0.2) is 19.3 Å². The number of aryl methyl sites for hydroxylation is 1. The van der Waals surface area contributed by atoms with E-state index in [-0.39, 0.29) is 11.4 Å². The summed E-state index contributed by atoms with van der Waals surface area (Å²) in [5, 5.41) is 4.35. The number of benzene rings is 1. The molecule has 2 N–H and O–H groups in total. The number of hydrogen-bond acceptors (Lipinski definition) is 7. The minimum absolute atomic E-state index is 0.0556. The van der Waals surface area contributed by atoms with Gasteiger partial charge in [-0.3, -0.25) is 4.90 Å². The lowest BCUT2D eigenvalue weighted by Gasteiger charge is -2.38. The summed E-state index contributed by atoms with van der Waals surface area (Å²) in [6, 6.07) is 5.11. The number of piperazine rings is 1. The van der Waals surface area contributed by atoms with Gasteiger partial charge in [-0.15, -0.1) is 0 Å². The SMILES string of the molecule is CCn1c(CN2CCNC(C)(C)C2)nc2c(N3CCOCC3)nc(-c3c(F)ccc4[nH]ccc34)nc21. The van der Waals surface area contributed by atoms with Gasteiger partial charge < -0.3 is 24.5 Å². The maximum atomic E-state index is 15.3. The highest BCUT2D eigenvalue weighted by atomic mass is 19.1. The summed E-state index contributed by atoms with van der Waals surface area (Å²) in [4.78, 5) is 22.8. The molecule has 0 bridgehead atoms. The van der Waals surface area contributed by atoms with Gasteiger partial charge in [0.1, 0.15) is 11.6 Å². The highest BCUT2D eigenvalue weighted by molar-refractivity contribution is 5.95. The van der Waals surface area contributed by atoms with Crippen LogP contribution in [0.4, 0.5) is 10.2 Å². The lowest BCUT2D eigenvalue weighted by atomic mass is 10.0. The van der Waals surface area contributed by atoms with Gasteiger partial charge in [0.15, 0.2) is 22.8 Å². The number of fused-ring (bicyclic) bond motifs is 2. The van der Waals surface area contributed by atoms with Crippen molar-refractivity contribution in [2.45, 2.75) is 39.4 Å². The van der Waals surface area contributed by atoms with E-state index >= 15 is 4.39 Å². The van der Waals surface area contributed by atoms with E-state index in [9.17, 15) is 0 Å². The number of H-pyrrole nitrogens is 1. The van der Waals surface area contributed by atoms with Gasteiger partial charge in [-0.05, 0) is 39.0 Å². The van der Waals surface area contributed by atoms with Crippen LogP contribution < -0.4 is 10.2 Å². The van der Waals surface area contributed by atoms with Gasteiger partial charge in [0.25, 0.3) is 0 Å². The number of nitrogens with zero attached hydrogens (tertiary/aromatic N) is 6. The van der Waals surface area contributed by atoms with Crippen molar-refractivity contribution in [1.29, 1.82) is 0 Å². The molecule has 0 spiro atoms. The van der Waals surface area contributed by atoms with Crippen LogP contribution in [-0.4, -0.2) is 80.9 Å². The summed E-state index contributed by atoms with van der Waals surface area (Å²) < 4.78 is 23.0. The third-order valence-electron chi connectivity index (χ3n) is 7.20. The zero-order valence-electron chi connectivity index (χ0n) is 21.1. The number of nitrogens with one attached hydrogen (secondary N) is 2. The number of aromatic nitrogens is 5. The van der Waals surface area contributed by atoms with E-state index in [1.54, 1.807) is 6.07 Å². The van der Waals surface area contributed by atoms with Gasteiger partial charge in [0.05, 0.1) is 25.3 Å². The van der Waals surface area contributed by atoms with Crippen LogP contribution in [0.15, 0.2) is 24.4 Å². The number of ether oxygens (including phenoxy) is 1. The van der Waals surface area contributed by atoms with Crippen LogP contribution in [0.3, 0.4) is 0 Å². The Kier molecular flexibility index (Phi) is 5.89. The predicted octanol–water partition coefficient (Wildman–Crippen LogP) is 3.15. The Morgan fingerprint density at radius 3 is 2.69 bits per heavy atom. The maximum Gasteiger partial charge on any atom is 0.167 e. The van der Waals surface area contributed by atoms with E-state index in [1.807, 2.05) is 12.3 Å². The topological polar surface area (TPSA) is 87.1 Å². The molecule has 6 rings (SSSR count). The fraction of sp³-hybridized carbons (Fsp3) is 0.500. The van der Waals surface area contributed by atoms with Crippen molar-refractivity contribution < 1.29 is 9.13 Å². The number of anilines is 1. The average molecular weight is 493 g/mol. The molecular formula is C26H33FN8O. The predicted molar refractivity (Wildman–Crippen MR) is 139 cm³/mol. The first-order chi connectivity index (χ1) is 17.4. The minimum Gasteiger partial charge on any atom is -0.378 e.